The summed E-state index contributed by atoms with van der Waals surface area (Å²) in [6.45, 7) is -0.359. The highest BCUT2D eigenvalue weighted by Crippen LogP contribution is 2.34. The van der Waals surface area contributed by atoms with Crippen LogP contribution in [0.15, 0.2) is 47.6 Å². The lowest BCUT2D eigenvalue weighted by molar-refractivity contribution is -0.384. The maximum absolute atomic E-state index is 12.3. The number of benzene rings is 2. The van der Waals surface area contributed by atoms with Gasteiger partial charge in [0.15, 0.2) is 0 Å². The van der Waals surface area contributed by atoms with E-state index in [-0.39, 0.29) is 23.5 Å². The summed E-state index contributed by atoms with van der Waals surface area (Å²) in [5.74, 6) is -1.36. The number of nitrogens with zero attached hydrogens (tertiary/aromatic N) is 2. The van der Waals surface area contributed by atoms with Gasteiger partial charge < -0.3 is 10.4 Å². The third-order valence-electron chi connectivity index (χ3n) is 3.77. The number of thiophene rings is 1. The second-order valence-electron chi connectivity index (χ2n) is 5.72. The van der Waals surface area contributed by atoms with Gasteiger partial charge in [-0.15, -0.1) is 11.3 Å². The average molecular weight is 433 g/mol. The van der Waals surface area contributed by atoms with Gasteiger partial charge in [0.25, 0.3) is 17.5 Å². The van der Waals surface area contributed by atoms with Crippen LogP contribution in [0.2, 0.25) is 5.02 Å². The smallest absolute Gasteiger partial charge is 0.270 e. The number of hydrogen-bond acceptors (Lipinski definition) is 7. The van der Waals surface area contributed by atoms with E-state index in [1.807, 2.05) is 18.2 Å². The van der Waals surface area contributed by atoms with Crippen molar-refractivity contribution in [2.45, 2.75) is 0 Å². The summed E-state index contributed by atoms with van der Waals surface area (Å²) >= 11 is 7.44. The second-order valence-corrected chi connectivity index (χ2v) is 7.15. The minimum absolute atomic E-state index is 0.0561. The van der Waals surface area contributed by atoms with Crippen LogP contribution in [-0.2, 0) is 4.79 Å². The van der Waals surface area contributed by atoms with E-state index in [0.29, 0.717) is 9.90 Å². The van der Waals surface area contributed by atoms with E-state index in [2.05, 4.69) is 15.8 Å². The Morgan fingerprint density at radius 1 is 1.28 bits per heavy atom. The van der Waals surface area contributed by atoms with Crippen LogP contribution in [0.1, 0.15) is 15.2 Å². The Labute approximate surface area is 172 Å². The number of aromatic hydroxyl groups is 1. The Hall–Kier alpha value is -3.50. The highest BCUT2D eigenvalue weighted by molar-refractivity contribution is 7.21. The van der Waals surface area contributed by atoms with E-state index < -0.39 is 16.7 Å². The van der Waals surface area contributed by atoms with Crippen molar-refractivity contribution in [2.75, 3.05) is 6.54 Å². The number of nitro benzene ring substituents is 1. The Balaban J connectivity index is 1.58. The van der Waals surface area contributed by atoms with Crippen LogP contribution in [0.25, 0.3) is 10.1 Å². The number of carbonyl (C=O) groups excluding carboxylic acids is 2. The number of halogens is 1. The highest BCUT2D eigenvalue weighted by atomic mass is 35.5. The lowest BCUT2D eigenvalue weighted by Crippen LogP contribution is -2.34. The predicted octanol–water partition coefficient (Wildman–Crippen LogP) is 3.05. The van der Waals surface area contributed by atoms with Crippen molar-refractivity contribution >= 4 is 56.7 Å². The second kappa shape index (κ2) is 8.67. The molecule has 11 heteroatoms. The molecule has 0 unspecified atom stereocenters. The van der Waals surface area contributed by atoms with Gasteiger partial charge in [-0.05, 0) is 12.1 Å². The first-order chi connectivity index (χ1) is 13.9. The zero-order chi connectivity index (χ0) is 21.0. The number of non-ortho nitro benzene ring substituents is 1. The molecule has 3 aromatic rings. The Kier molecular flexibility index (Phi) is 6.05. The number of hydrazone groups is 1. The van der Waals surface area contributed by atoms with Gasteiger partial charge in [0.05, 0.1) is 22.7 Å². The zero-order valence-electron chi connectivity index (χ0n) is 14.6. The van der Waals surface area contributed by atoms with Gasteiger partial charge >= 0.3 is 0 Å². The van der Waals surface area contributed by atoms with Gasteiger partial charge in [0, 0.05) is 27.8 Å². The molecule has 1 aromatic heterocycles. The number of rotatable bonds is 6. The fourth-order valence-corrected chi connectivity index (χ4v) is 3.81. The van der Waals surface area contributed by atoms with Crippen LogP contribution >= 0.6 is 22.9 Å². The van der Waals surface area contributed by atoms with Gasteiger partial charge in [0.1, 0.15) is 10.6 Å². The van der Waals surface area contributed by atoms with Crippen LogP contribution in [0.3, 0.4) is 0 Å². The summed E-state index contributed by atoms with van der Waals surface area (Å²) in [7, 11) is 0. The van der Waals surface area contributed by atoms with Crippen molar-refractivity contribution in [1.82, 2.24) is 10.7 Å². The van der Waals surface area contributed by atoms with E-state index in [1.165, 1.54) is 11.3 Å². The molecular formula is C18H13ClN4O5S. The number of nitro groups is 1. The van der Waals surface area contributed by atoms with E-state index in [1.54, 1.807) is 6.07 Å². The molecule has 0 radical (unpaired) electrons. The third kappa shape index (κ3) is 4.68. The molecule has 0 saturated carbocycles. The summed E-state index contributed by atoms with van der Waals surface area (Å²) in [5, 5.41) is 27.6. The van der Waals surface area contributed by atoms with Crippen LogP contribution < -0.4 is 10.7 Å². The van der Waals surface area contributed by atoms with Crippen LogP contribution in [0.4, 0.5) is 5.69 Å². The van der Waals surface area contributed by atoms with Crippen molar-refractivity contribution in [3.63, 3.8) is 0 Å². The molecule has 3 rings (SSSR count). The van der Waals surface area contributed by atoms with Crippen LogP contribution in [-0.4, -0.2) is 34.6 Å². The molecule has 148 valence electrons. The molecule has 0 atom stereocenters. The molecular weight excluding hydrogens is 420 g/mol. The van der Waals surface area contributed by atoms with Crippen molar-refractivity contribution in [3.8, 4) is 5.75 Å². The first-order valence-electron chi connectivity index (χ1n) is 8.11. The topological polar surface area (TPSA) is 134 Å². The maximum Gasteiger partial charge on any atom is 0.270 e. The monoisotopic (exact) mass is 432 g/mol. The molecule has 0 aliphatic rings. The summed E-state index contributed by atoms with van der Waals surface area (Å²) in [6, 6.07) is 10.7. The standard InChI is InChI=1S/C18H13ClN4O5S/c19-16-12-3-1-2-4-14(12)29-17(16)18(26)20-9-15(25)22-21-8-10-7-11(23(27)28)5-6-13(10)24/h1-8,24H,9H2,(H,20,26)(H,22,25)/b21-8-. The molecule has 1 heterocycles. The molecule has 2 amide bonds. The Morgan fingerprint density at radius 3 is 2.76 bits per heavy atom. The predicted molar refractivity (Wildman–Crippen MR) is 110 cm³/mol. The molecule has 9 nitrogen and oxygen atoms in total. The molecule has 0 saturated heterocycles. The Morgan fingerprint density at radius 2 is 2.03 bits per heavy atom. The lowest BCUT2D eigenvalue weighted by Gasteiger charge is -2.03. The van der Waals surface area contributed by atoms with E-state index in [4.69, 9.17) is 11.6 Å². The van der Waals surface area contributed by atoms with Gasteiger partial charge in [-0.2, -0.15) is 5.10 Å². The molecule has 0 spiro atoms. The first-order valence-corrected chi connectivity index (χ1v) is 9.31. The van der Waals surface area contributed by atoms with Crippen LogP contribution in [0.5, 0.6) is 5.75 Å². The molecule has 3 N–H and O–H groups in total. The minimum Gasteiger partial charge on any atom is -0.507 e. The molecule has 0 aliphatic carbocycles. The zero-order valence-corrected chi connectivity index (χ0v) is 16.2. The van der Waals surface area contributed by atoms with Gasteiger partial charge in [-0.1, -0.05) is 29.8 Å². The quantitative estimate of drug-likeness (QED) is 0.312. The number of carbonyl (C=O) groups is 2. The highest BCUT2D eigenvalue weighted by Gasteiger charge is 2.17. The number of hydrogen-bond donors (Lipinski definition) is 3. The summed E-state index contributed by atoms with van der Waals surface area (Å²) in [5.41, 5.74) is 1.98. The molecule has 0 aliphatic heterocycles. The minimum atomic E-state index is -0.628. The first kappa shape index (κ1) is 20.2. The van der Waals surface area contributed by atoms with Crippen molar-refractivity contribution < 1.29 is 19.6 Å². The molecule has 0 bridgehead atoms. The maximum atomic E-state index is 12.3. The number of phenolic OH excluding ortho intramolecular Hbond substituents is 1. The number of fused-ring (bicyclic) bond motifs is 1. The summed E-state index contributed by atoms with van der Waals surface area (Å²) in [4.78, 5) is 34.6. The van der Waals surface area contributed by atoms with Crippen molar-refractivity contribution in [3.05, 3.63) is 68.0 Å². The SMILES string of the molecule is O=C(CNC(=O)c1sc2ccccc2c1Cl)N/N=C\c1cc([N+](=O)[O-])ccc1O. The number of phenols is 1. The average Bonchev–Trinajstić information content (AvgIpc) is 3.04. The number of amides is 2. The van der Waals surface area contributed by atoms with Crippen LogP contribution in [0, 0.1) is 10.1 Å². The van der Waals surface area contributed by atoms with Crippen molar-refractivity contribution in [1.29, 1.82) is 0 Å². The fraction of sp³-hybridized carbons (Fsp3) is 0.0556. The largest absolute Gasteiger partial charge is 0.507 e. The molecule has 0 fully saturated rings. The van der Waals surface area contributed by atoms with Gasteiger partial charge in [-0.25, -0.2) is 5.43 Å². The van der Waals surface area contributed by atoms with E-state index in [9.17, 15) is 24.8 Å². The van der Waals surface area contributed by atoms with Gasteiger partial charge in [-0.3, -0.25) is 19.7 Å². The summed E-state index contributed by atoms with van der Waals surface area (Å²) in [6.07, 6.45) is 1.06. The van der Waals surface area contributed by atoms with Gasteiger partial charge in [0.2, 0.25) is 0 Å². The molecule has 29 heavy (non-hydrogen) atoms. The Bertz CT molecular complexity index is 1140. The van der Waals surface area contributed by atoms with Crippen molar-refractivity contribution in [2.24, 2.45) is 5.10 Å². The van der Waals surface area contributed by atoms with E-state index in [0.717, 1.165) is 34.5 Å². The normalized spacial score (nSPS) is 10.9. The molecule has 2 aromatic carbocycles. The summed E-state index contributed by atoms with van der Waals surface area (Å²) < 4.78 is 0.855. The third-order valence-corrected chi connectivity index (χ3v) is 5.44. The lowest BCUT2D eigenvalue weighted by atomic mass is 10.2. The fourth-order valence-electron chi connectivity index (χ4n) is 2.37. The number of nitrogens with one attached hydrogen (secondary N) is 2. The van der Waals surface area contributed by atoms with E-state index >= 15 is 0 Å².